The van der Waals surface area contributed by atoms with E-state index in [0.717, 1.165) is 57.8 Å². The standard InChI is InChI=1S/C23H34N2O5/c1-28-21-5-3-16(11-22(21)29-2)4-6-23(27)25-14-17-12-19(20(26)13-18(17)15-25)24-7-9-30-10-8-24/h3,5,11,17-20,26H,4,6-10,12-15H2,1-2H3/t17-,18+,19-,20-/m1/s1. The Bertz CT molecular complexity index is 736. The van der Waals surface area contributed by atoms with E-state index in [1.165, 1.54) is 0 Å². The molecule has 1 aromatic carbocycles. The zero-order valence-corrected chi connectivity index (χ0v) is 18.1. The number of carbonyl (C=O) groups is 1. The summed E-state index contributed by atoms with van der Waals surface area (Å²) in [5.74, 6) is 2.51. The molecule has 0 spiro atoms. The van der Waals surface area contributed by atoms with Crippen LogP contribution >= 0.6 is 0 Å². The highest BCUT2D eigenvalue weighted by atomic mass is 16.5. The number of likely N-dealkylation sites (tertiary alicyclic amines) is 1. The third-order valence-corrected chi connectivity index (χ3v) is 7.05. The molecule has 2 aliphatic heterocycles. The quantitative estimate of drug-likeness (QED) is 0.756. The van der Waals surface area contributed by atoms with E-state index in [2.05, 4.69) is 4.90 Å². The number of aliphatic hydroxyl groups is 1. The Morgan fingerprint density at radius 1 is 1.10 bits per heavy atom. The Hall–Kier alpha value is -1.83. The summed E-state index contributed by atoms with van der Waals surface area (Å²) in [6.45, 7) is 4.89. The SMILES string of the molecule is COc1ccc(CCC(=O)N2C[C@H]3C[C@@H](N4CCOCC4)[C@H](O)C[C@H]3C2)cc1OC. The largest absolute Gasteiger partial charge is 0.493 e. The molecule has 7 heteroatoms. The number of aryl methyl sites for hydroxylation is 1. The van der Waals surface area contributed by atoms with E-state index in [1.807, 2.05) is 23.1 Å². The van der Waals surface area contributed by atoms with Crippen LogP contribution in [0.1, 0.15) is 24.8 Å². The lowest BCUT2D eigenvalue weighted by Crippen LogP contribution is -2.53. The summed E-state index contributed by atoms with van der Waals surface area (Å²) in [7, 11) is 3.24. The van der Waals surface area contributed by atoms with Gasteiger partial charge in [-0.15, -0.1) is 0 Å². The Morgan fingerprint density at radius 3 is 2.50 bits per heavy atom. The van der Waals surface area contributed by atoms with Crippen molar-refractivity contribution in [1.29, 1.82) is 0 Å². The fraction of sp³-hybridized carbons (Fsp3) is 0.696. The van der Waals surface area contributed by atoms with Crippen molar-refractivity contribution in [3.05, 3.63) is 23.8 Å². The molecule has 4 atom stereocenters. The van der Waals surface area contributed by atoms with Crippen LogP contribution in [0, 0.1) is 11.8 Å². The van der Waals surface area contributed by atoms with Crippen LogP contribution in [0.4, 0.5) is 0 Å². The smallest absolute Gasteiger partial charge is 0.222 e. The summed E-state index contributed by atoms with van der Waals surface area (Å²) in [6, 6.07) is 6.02. The minimum absolute atomic E-state index is 0.205. The van der Waals surface area contributed by atoms with Crippen molar-refractivity contribution < 1.29 is 24.1 Å². The summed E-state index contributed by atoms with van der Waals surface area (Å²) in [6.07, 6.45) is 2.65. The van der Waals surface area contributed by atoms with Crippen molar-refractivity contribution in [1.82, 2.24) is 9.80 Å². The Kier molecular flexibility index (Phi) is 6.80. The number of aliphatic hydroxyl groups excluding tert-OH is 1. The molecule has 0 aromatic heterocycles. The summed E-state index contributed by atoms with van der Waals surface area (Å²) in [5, 5.41) is 10.7. The molecule has 166 valence electrons. The first-order chi connectivity index (χ1) is 14.6. The van der Waals surface area contributed by atoms with Gasteiger partial charge >= 0.3 is 0 Å². The first-order valence-electron chi connectivity index (χ1n) is 11.1. The highest BCUT2D eigenvalue weighted by Crippen LogP contribution is 2.38. The van der Waals surface area contributed by atoms with Gasteiger partial charge in [-0.2, -0.15) is 0 Å². The van der Waals surface area contributed by atoms with Gasteiger partial charge in [-0.3, -0.25) is 9.69 Å². The lowest BCUT2D eigenvalue weighted by atomic mass is 9.77. The van der Waals surface area contributed by atoms with Gasteiger partial charge in [0, 0.05) is 38.6 Å². The maximum atomic E-state index is 12.9. The van der Waals surface area contributed by atoms with Gasteiger partial charge in [0.05, 0.1) is 33.5 Å². The molecule has 0 bridgehead atoms. The topological polar surface area (TPSA) is 71.5 Å². The monoisotopic (exact) mass is 418 g/mol. The van der Waals surface area contributed by atoms with E-state index >= 15 is 0 Å². The summed E-state index contributed by atoms with van der Waals surface area (Å²) in [5.41, 5.74) is 1.07. The second-order valence-electron chi connectivity index (χ2n) is 8.76. The molecule has 3 aliphatic rings. The predicted molar refractivity (Wildman–Crippen MR) is 113 cm³/mol. The molecule has 7 nitrogen and oxygen atoms in total. The number of amides is 1. The predicted octanol–water partition coefficient (Wildman–Crippen LogP) is 1.57. The number of methoxy groups -OCH3 is 2. The summed E-state index contributed by atoms with van der Waals surface area (Å²) >= 11 is 0. The van der Waals surface area contributed by atoms with Crippen LogP contribution < -0.4 is 9.47 Å². The number of rotatable bonds is 6. The van der Waals surface area contributed by atoms with Gasteiger partial charge in [0.1, 0.15) is 0 Å². The van der Waals surface area contributed by atoms with Gasteiger partial charge in [0.15, 0.2) is 11.5 Å². The normalized spacial score (nSPS) is 29.5. The number of carbonyl (C=O) groups excluding carboxylic acids is 1. The molecule has 1 N–H and O–H groups in total. The molecule has 1 amide bonds. The molecular weight excluding hydrogens is 384 g/mol. The summed E-state index contributed by atoms with van der Waals surface area (Å²) < 4.78 is 16.1. The number of ether oxygens (including phenoxy) is 3. The molecule has 1 saturated carbocycles. The van der Waals surface area contributed by atoms with Crippen molar-refractivity contribution in [2.45, 2.75) is 37.8 Å². The maximum Gasteiger partial charge on any atom is 0.222 e. The molecule has 2 heterocycles. The van der Waals surface area contributed by atoms with Crippen LogP contribution in [0.5, 0.6) is 11.5 Å². The number of hydrogen-bond acceptors (Lipinski definition) is 6. The minimum atomic E-state index is -0.300. The summed E-state index contributed by atoms with van der Waals surface area (Å²) in [4.78, 5) is 17.3. The second kappa shape index (κ2) is 9.54. The Labute approximate surface area is 178 Å². The lowest BCUT2D eigenvalue weighted by molar-refractivity contribution is -0.130. The maximum absolute atomic E-state index is 12.9. The van der Waals surface area contributed by atoms with Crippen LogP contribution in [-0.4, -0.2) is 86.6 Å². The van der Waals surface area contributed by atoms with Crippen LogP contribution in [0.3, 0.4) is 0 Å². The second-order valence-corrected chi connectivity index (χ2v) is 8.76. The highest BCUT2D eigenvalue weighted by Gasteiger charge is 2.44. The van der Waals surface area contributed by atoms with Crippen LogP contribution in [-0.2, 0) is 16.0 Å². The van der Waals surface area contributed by atoms with Gasteiger partial charge in [-0.25, -0.2) is 0 Å². The van der Waals surface area contributed by atoms with Crippen LogP contribution in [0.2, 0.25) is 0 Å². The van der Waals surface area contributed by atoms with E-state index in [9.17, 15) is 9.90 Å². The van der Waals surface area contributed by atoms with Gasteiger partial charge in [0.25, 0.3) is 0 Å². The van der Waals surface area contributed by atoms with Crippen molar-refractivity contribution >= 4 is 5.91 Å². The van der Waals surface area contributed by atoms with E-state index < -0.39 is 0 Å². The average Bonchev–Trinajstić information content (AvgIpc) is 3.20. The van der Waals surface area contributed by atoms with Gasteiger partial charge in [-0.05, 0) is 48.8 Å². The van der Waals surface area contributed by atoms with Crippen LogP contribution in [0.25, 0.3) is 0 Å². The van der Waals surface area contributed by atoms with E-state index in [0.29, 0.717) is 36.2 Å². The third kappa shape index (κ3) is 4.58. The van der Waals surface area contributed by atoms with Crippen LogP contribution in [0.15, 0.2) is 18.2 Å². The zero-order chi connectivity index (χ0) is 21.1. The average molecular weight is 419 g/mol. The number of nitrogens with zero attached hydrogens (tertiary/aromatic N) is 2. The fourth-order valence-corrected chi connectivity index (χ4v) is 5.36. The third-order valence-electron chi connectivity index (χ3n) is 7.05. The molecule has 0 radical (unpaired) electrons. The minimum Gasteiger partial charge on any atom is -0.493 e. The van der Waals surface area contributed by atoms with Gasteiger partial charge in [0.2, 0.25) is 5.91 Å². The molecule has 0 unspecified atom stereocenters. The molecule has 4 rings (SSSR count). The number of benzene rings is 1. The van der Waals surface area contributed by atoms with Gasteiger partial charge < -0.3 is 24.2 Å². The molecule has 1 aliphatic carbocycles. The highest BCUT2D eigenvalue weighted by molar-refractivity contribution is 5.76. The first kappa shape index (κ1) is 21.4. The van der Waals surface area contributed by atoms with E-state index in [-0.39, 0.29) is 18.1 Å². The van der Waals surface area contributed by atoms with Crippen molar-refractivity contribution in [2.75, 3.05) is 53.6 Å². The van der Waals surface area contributed by atoms with Gasteiger partial charge in [-0.1, -0.05) is 6.07 Å². The van der Waals surface area contributed by atoms with Crippen molar-refractivity contribution in [3.63, 3.8) is 0 Å². The first-order valence-corrected chi connectivity index (χ1v) is 11.1. The zero-order valence-electron chi connectivity index (χ0n) is 18.1. The molecule has 1 aromatic rings. The molecule has 3 fully saturated rings. The number of morpholine rings is 1. The number of hydrogen-bond donors (Lipinski definition) is 1. The molecule has 2 saturated heterocycles. The lowest BCUT2D eigenvalue weighted by Gasteiger charge is -2.43. The van der Waals surface area contributed by atoms with E-state index in [4.69, 9.17) is 14.2 Å². The Morgan fingerprint density at radius 2 is 1.80 bits per heavy atom. The van der Waals surface area contributed by atoms with E-state index in [1.54, 1.807) is 14.2 Å². The molecular formula is C23H34N2O5. The van der Waals surface area contributed by atoms with Crippen molar-refractivity contribution in [3.8, 4) is 11.5 Å². The fourth-order valence-electron chi connectivity index (χ4n) is 5.36. The van der Waals surface area contributed by atoms with Crippen molar-refractivity contribution in [2.24, 2.45) is 11.8 Å². The molecule has 30 heavy (non-hydrogen) atoms. The number of fused-ring (bicyclic) bond motifs is 1. The Balaban J connectivity index is 1.31.